The van der Waals surface area contributed by atoms with E-state index in [0.717, 1.165) is 5.56 Å². The van der Waals surface area contributed by atoms with Crippen molar-refractivity contribution in [1.82, 2.24) is 25.4 Å². The van der Waals surface area contributed by atoms with Crippen molar-refractivity contribution in [2.75, 3.05) is 5.75 Å². The highest BCUT2D eigenvalue weighted by Gasteiger charge is 2.19. The summed E-state index contributed by atoms with van der Waals surface area (Å²) >= 11 is 7.16. The van der Waals surface area contributed by atoms with E-state index < -0.39 is 0 Å². The summed E-state index contributed by atoms with van der Waals surface area (Å²) in [6.45, 7) is 2.32. The van der Waals surface area contributed by atoms with Gasteiger partial charge in [-0.1, -0.05) is 53.7 Å². The topological polar surface area (TPSA) is 88.9 Å². The van der Waals surface area contributed by atoms with Crippen LogP contribution in [0.4, 0.5) is 0 Å². The number of nitrogens with one attached hydrogen (secondary N) is 2. The molecule has 0 aliphatic carbocycles. The Morgan fingerprint density at radius 3 is 2.50 bits per heavy atom. The number of hydrogen-bond acceptors (Lipinski definition) is 5. The minimum atomic E-state index is -0.355. The fraction of sp³-hybridized carbons (Fsp3) is 0.238. The highest BCUT2D eigenvalue weighted by Crippen LogP contribution is 2.19. The van der Waals surface area contributed by atoms with E-state index in [0.29, 0.717) is 28.1 Å². The maximum atomic E-state index is 12.4. The monoisotopic (exact) mass is 443 g/mol. The first-order valence-corrected chi connectivity index (χ1v) is 10.7. The number of carbonyl (C=O) groups excluding carboxylic acids is 2. The third-order valence-electron chi connectivity index (χ3n) is 4.37. The molecule has 0 saturated heterocycles. The Morgan fingerprint density at radius 2 is 1.80 bits per heavy atom. The van der Waals surface area contributed by atoms with Gasteiger partial charge in [-0.15, -0.1) is 10.2 Å². The van der Waals surface area contributed by atoms with E-state index >= 15 is 0 Å². The van der Waals surface area contributed by atoms with E-state index in [-0.39, 0.29) is 23.6 Å². The van der Waals surface area contributed by atoms with Crippen LogP contribution in [-0.2, 0) is 18.4 Å². The van der Waals surface area contributed by atoms with Gasteiger partial charge < -0.3 is 15.2 Å². The maximum Gasteiger partial charge on any atom is 0.251 e. The molecule has 0 fully saturated rings. The summed E-state index contributed by atoms with van der Waals surface area (Å²) in [6.07, 6.45) is 0. The average molecular weight is 444 g/mol. The Kier molecular flexibility index (Phi) is 7.48. The molecule has 0 spiro atoms. The maximum absolute atomic E-state index is 12.4. The number of hydrogen-bond donors (Lipinski definition) is 2. The molecule has 2 aromatic carbocycles. The van der Waals surface area contributed by atoms with Crippen LogP contribution in [0.2, 0.25) is 5.02 Å². The van der Waals surface area contributed by atoms with E-state index in [2.05, 4.69) is 20.8 Å². The molecule has 3 rings (SSSR count). The molecule has 1 heterocycles. The predicted molar refractivity (Wildman–Crippen MR) is 117 cm³/mol. The zero-order valence-electron chi connectivity index (χ0n) is 16.6. The molecule has 0 radical (unpaired) electrons. The lowest BCUT2D eigenvalue weighted by Crippen LogP contribution is -2.28. The molecular formula is C21H22ClN5O2S. The minimum absolute atomic E-state index is 0.0857. The molecular weight excluding hydrogens is 422 g/mol. The van der Waals surface area contributed by atoms with Crippen molar-refractivity contribution < 1.29 is 9.59 Å². The van der Waals surface area contributed by atoms with Crippen LogP contribution in [0.5, 0.6) is 0 Å². The number of thioether (sulfide) groups is 1. The highest BCUT2D eigenvalue weighted by atomic mass is 35.5. The second-order valence-corrected chi connectivity index (χ2v) is 8.03. The van der Waals surface area contributed by atoms with Gasteiger partial charge in [0.05, 0.1) is 11.8 Å². The van der Waals surface area contributed by atoms with Gasteiger partial charge in [0.25, 0.3) is 5.91 Å². The molecule has 7 nitrogen and oxygen atoms in total. The van der Waals surface area contributed by atoms with E-state index in [1.807, 2.05) is 44.3 Å². The third-order valence-corrected chi connectivity index (χ3v) is 5.65. The van der Waals surface area contributed by atoms with Crippen LogP contribution in [-0.4, -0.2) is 32.3 Å². The summed E-state index contributed by atoms with van der Waals surface area (Å²) in [4.78, 5) is 24.5. The molecule has 0 aliphatic heterocycles. The number of carbonyl (C=O) groups is 2. The number of halogens is 1. The van der Waals surface area contributed by atoms with Gasteiger partial charge in [-0.2, -0.15) is 0 Å². The summed E-state index contributed by atoms with van der Waals surface area (Å²) < 4.78 is 1.78. The zero-order chi connectivity index (χ0) is 21.5. The molecule has 30 heavy (non-hydrogen) atoms. The van der Waals surface area contributed by atoms with Gasteiger partial charge in [0.1, 0.15) is 0 Å². The molecule has 1 atom stereocenters. The van der Waals surface area contributed by atoms with Crippen molar-refractivity contribution in [3.8, 4) is 0 Å². The lowest BCUT2D eigenvalue weighted by Gasteiger charge is -2.13. The molecule has 2 amide bonds. The van der Waals surface area contributed by atoms with Crippen LogP contribution in [0.25, 0.3) is 0 Å². The molecule has 3 aromatic rings. The fourth-order valence-electron chi connectivity index (χ4n) is 2.75. The van der Waals surface area contributed by atoms with Crippen LogP contribution < -0.4 is 10.6 Å². The van der Waals surface area contributed by atoms with Crippen LogP contribution in [0.1, 0.15) is 34.7 Å². The largest absolute Gasteiger partial charge is 0.351 e. The van der Waals surface area contributed by atoms with Crippen LogP contribution in [0.3, 0.4) is 0 Å². The molecule has 1 unspecified atom stereocenters. The van der Waals surface area contributed by atoms with Crippen LogP contribution >= 0.6 is 23.4 Å². The molecule has 1 aromatic heterocycles. The van der Waals surface area contributed by atoms with Gasteiger partial charge in [0, 0.05) is 24.2 Å². The number of amides is 2. The summed E-state index contributed by atoms with van der Waals surface area (Å²) in [5, 5.41) is 15.3. The highest BCUT2D eigenvalue weighted by molar-refractivity contribution is 7.99. The Bertz CT molecular complexity index is 1010. The van der Waals surface area contributed by atoms with E-state index in [1.165, 1.54) is 11.8 Å². The number of nitrogens with zero attached hydrogens (tertiary/aromatic N) is 3. The first-order valence-electron chi connectivity index (χ1n) is 9.33. The molecule has 0 bridgehead atoms. The fourth-order valence-corrected chi connectivity index (χ4v) is 3.63. The second kappa shape index (κ2) is 10.3. The minimum Gasteiger partial charge on any atom is -0.351 e. The van der Waals surface area contributed by atoms with Crippen molar-refractivity contribution >= 4 is 35.2 Å². The molecule has 9 heteroatoms. The zero-order valence-corrected chi connectivity index (χ0v) is 18.2. The second-order valence-electron chi connectivity index (χ2n) is 6.65. The van der Waals surface area contributed by atoms with Crippen LogP contribution in [0, 0.1) is 0 Å². The number of benzene rings is 2. The lowest BCUT2D eigenvalue weighted by atomic mass is 10.2. The Hall–Kier alpha value is -2.84. The first kappa shape index (κ1) is 21.9. The van der Waals surface area contributed by atoms with E-state index in [1.54, 1.807) is 28.8 Å². The van der Waals surface area contributed by atoms with Gasteiger partial charge in [-0.05, 0) is 36.8 Å². The normalized spacial score (nSPS) is 11.7. The first-order chi connectivity index (χ1) is 14.4. The Morgan fingerprint density at radius 1 is 1.10 bits per heavy atom. The third kappa shape index (κ3) is 5.84. The van der Waals surface area contributed by atoms with Crippen molar-refractivity contribution in [1.29, 1.82) is 0 Å². The molecule has 2 N–H and O–H groups in total. The van der Waals surface area contributed by atoms with Gasteiger partial charge in [0.15, 0.2) is 11.0 Å². The van der Waals surface area contributed by atoms with Crippen molar-refractivity contribution in [3.05, 3.63) is 76.6 Å². The Labute approximate surface area is 184 Å². The van der Waals surface area contributed by atoms with Gasteiger partial charge in [-0.25, -0.2) is 0 Å². The van der Waals surface area contributed by atoms with Crippen molar-refractivity contribution in [3.63, 3.8) is 0 Å². The number of rotatable bonds is 8. The predicted octanol–water partition coefficient (Wildman–Crippen LogP) is 3.37. The van der Waals surface area contributed by atoms with E-state index in [9.17, 15) is 9.59 Å². The molecule has 0 saturated carbocycles. The van der Waals surface area contributed by atoms with Gasteiger partial charge in [0.2, 0.25) is 5.91 Å². The summed E-state index contributed by atoms with van der Waals surface area (Å²) in [5.41, 5.74) is 1.56. The van der Waals surface area contributed by atoms with E-state index in [4.69, 9.17) is 11.6 Å². The standard InChI is InChI=1S/C21H22ClN5O2S/c1-14(24-20(29)16-8-10-17(22)11-9-16)19-25-26-21(27(19)2)30-13-18(28)23-12-15-6-4-3-5-7-15/h3-11,14H,12-13H2,1-2H3,(H,23,28)(H,24,29). The molecule has 156 valence electrons. The van der Waals surface area contributed by atoms with Gasteiger partial charge in [-0.3, -0.25) is 9.59 Å². The number of aromatic nitrogens is 3. The smallest absolute Gasteiger partial charge is 0.251 e. The lowest BCUT2D eigenvalue weighted by molar-refractivity contribution is -0.118. The Balaban J connectivity index is 1.52. The SMILES string of the molecule is CC(NC(=O)c1ccc(Cl)cc1)c1nnc(SCC(=O)NCc2ccccc2)n1C. The quantitative estimate of drug-likeness (QED) is 0.521. The van der Waals surface area contributed by atoms with Crippen molar-refractivity contribution in [2.24, 2.45) is 7.05 Å². The molecule has 0 aliphatic rings. The van der Waals surface area contributed by atoms with Crippen LogP contribution in [0.15, 0.2) is 59.8 Å². The van der Waals surface area contributed by atoms with Gasteiger partial charge >= 0.3 is 0 Å². The summed E-state index contributed by atoms with van der Waals surface area (Å²) in [5.74, 6) is 0.517. The van der Waals surface area contributed by atoms with Crippen molar-refractivity contribution in [2.45, 2.75) is 24.7 Å². The average Bonchev–Trinajstić information content (AvgIpc) is 3.12. The summed E-state index contributed by atoms with van der Waals surface area (Å²) in [7, 11) is 1.81. The summed E-state index contributed by atoms with van der Waals surface area (Å²) in [6, 6.07) is 16.0.